The summed E-state index contributed by atoms with van der Waals surface area (Å²) >= 11 is 0. The first-order valence-corrected chi connectivity index (χ1v) is 10.4. The Morgan fingerprint density at radius 1 is 1.19 bits per heavy atom. The Bertz CT molecular complexity index is 1350. The van der Waals surface area contributed by atoms with E-state index >= 15 is 0 Å². The summed E-state index contributed by atoms with van der Waals surface area (Å²) in [4.78, 5) is 23.6. The van der Waals surface area contributed by atoms with Crippen molar-refractivity contribution in [1.82, 2.24) is 14.5 Å². The molecule has 3 N–H and O–H groups in total. The predicted molar refractivity (Wildman–Crippen MR) is 123 cm³/mol. The highest BCUT2D eigenvalue weighted by atomic mass is 19.1. The molecule has 5 rings (SSSR count). The van der Waals surface area contributed by atoms with E-state index in [1.807, 2.05) is 38.2 Å². The van der Waals surface area contributed by atoms with Crippen LogP contribution < -0.4 is 16.0 Å². The second-order valence-electron chi connectivity index (χ2n) is 8.06. The van der Waals surface area contributed by atoms with Crippen LogP contribution in [0.3, 0.4) is 0 Å². The van der Waals surface area contributed by atoms with Gasteiger partial charge >= 0.3 is 0 Å². The monoisotopic (exact) mass is 430 g/mol. The maximum Gasteiger partial charge on any atom is 0.249 e. The molecule has 4 aromatic rings. The molecule has 0 spiro atoms. The van der Waals surface area contributed by atoms with Gasteiger partial charge in [-0.2, -0.15) is 9.97 Å². The molecule has 0 saturated carbocycles. The number of aromatic nitrogens is 3. The van der Waals surface area contributed by atoms with Crippen molar-refractivity contribution in [2.75, 3.05) is 23.8 Å². The fraction of sp³-hybridized carbons (Fsp3) is 0.208. The number of anilines is 2. The van der Waals surface area contributed by atoms with E-state index in [0.717, 1.165) is 41.4 Å². The van der Waals surface area contributed by atoms with Crippen LogP contribution in [-0.2, 0) is 13.0 Å². The first-order valence-electron chi connectivity index (χ1n) is 10.4. The van der Waals surface area contributed by atoms with Gasteiger partial charge in [-0.1, -0.05) is 30.3 Å². The number of hydrogen-bond acceptors (Lipinski definition) is 5. The number of benzene rings is 2. The second-order valence-corrected chi connectivity index (χ2v) is 8.06. The third kappa shape index (κ3) is 3.33. The molecule has 0 bridgehead atoms. The van der Waals surface area contributed by atoms with Gasteiger partial charge in [0.2, 0.25) is 11.9 Å². The number of rotatable bonds is 5. The molecule has 7 nitrogen and oxygen atoms in total. The molecule has 3 heterocycles. The molecule has 1 aliphatic rings. The smallest absolute Gasteiger partial charge is 0.249 e. The summed E-state index contributed by atoms with van der Waals surface area (Å²) in [5.74, 6) is 0.809. The molecule has 2 aromatic heterocycles. The normalized spacial score (nSPS) is 12.9. The van der Waals surface area contributed by atoms with E-state index in [2.05, 4.69) is 22.3 Å². The third-order valence-corrected chi connectivity index (χ3v) is 5.87. The molecule has 0 atom stereocenters. The number of carbonyl (C=O) groups is 1. The number of likely N-dealkylation sites (N-methyl/N-ethyl adjacent to an activating group) is 1. The van der Waals surface area contributed by atoms with Crippen molar-refractivity contribution >= 4 is 28.4 Å². The number of aryl methyl sites for hydroxylation is 1. The van der Waals surface area contributed by atoms with Gasteiger partial charge in [-0.3, -0.25) is 9.36 Å². The van der Waals surface area contributed by atoms with Crippen molar-refractivity contribution in [1.29, 1.82) is 0 Å². The van der Waals surface area contributed by atoms with Crippen molar-refractivity contribution in [3.63, 3.8) is 0 Å². The maximum atomic E-state index is 14.3. The molecule has 32 heavy (non-hydrogen) atoms. The van der Waals surface area contributed by atoms with E-state index in [0.29, 0.717) is 23.4 Å². The van der Waals surface area contributed by atoms with Gasteiger partial charge in [-0.05, 0) is 37.1 Å². The van der Waals surface area contributed by atoms with Crippen molar-refractivity contribution in [3.8, 4) is 5.95 Å². The first kappa shape index (κ1) is 20.0. The highest BCUT2D eigenvalue weighted by Gasteiger charge is 2.25. The molecule has 2 aromatic carbocycles. The number of nitrogens with two attached hydrogens (primary N) is 1. The number of carbonyl (C=O) groups excluding carboxylic acids is 1. The molecule has 1 amide bonds. The quantitative estimate of drug-likeness (QED) is 0.505. The Morgan fingerprint density at radius 2 is 1.97 bits per heavy atom. The largest absolute Gasteiger partial charge is 0.366 e. The molecule has 0 fully saturated rings. The van der Waals surface area contributed by atoms with Gasteiger partial charge in [-0.15, -0.1) is 0 Å². The zero-order valence-corrected chi connectivity index (χ0v) is 17.9. The van der Waals surface area contributed by atoms with Gasteiger partial charge < -0.3 is 16.0 Å². The van der Waals surface area contributed by atoms with E-state index in [4.69, 9.17) is 15.7 Å². The molecule has 8 heteroatoms. The van der Waals surface area contributed by atoms with Gasteiger partial charge in [0.15, 0.2) is 0 Å². The van der Waals surface area contributed by atoms with Crippen LogP contribution in [0, 0.1) is 12.7 Å². The molecule has 0 saturated heterocycles. The number of halogens is 1. The highest BCUT2D eigenvalue weighted by molar-refractivity contribution is 6.06. The molecule has 0 aliphatic carbocycles. The van der Waals surface area contributed by atoms with Crippen LogP contribution in [0.25, 0.3) is 16.9 Å². The molecular weight excluding hydrogens is 407 g/mol. The van der Waals surface area contributed by atoms with Gasteiger partial charge in [0.25, 0.3) is 0 Å². The average Bonchev–Trinajstić information content (AvgIpc) is 3.31. The van der Waals surface area contributed by atoms with E-state index in [-0.39, 0.29) is 5.56 Å². The van der Waals surface area contributed by atoms with Gasteiger partial charge in [-0.25, -0.2) is 4.39 Å². The maximum absolute atomic E-state index is 14.3. The van der Waals surface area contributed by atoms with Crippen LogP contribution in [0.2, 0.25) is 0 Å². The van der Waals surface area contributed by atoms with Crippen LogP contribution in [0.15, 0.2) is 48.5 Å². The summed E-state index contributed by atoms with van der Waals surface area (Å²) in [5, 5.41) is 4.03. The van der Waals surface area contributed by atoms with Crippen molar-refractivity contribution in [3.05, 3.63) is 76.7 Å². The molecular formula is C24H23FN6O. The van der Waals surface area contributed by atoms with E-state index in [1.165, 1.54) is 12.1 Å². The Balaban J connectivity index is 1.66. The number of amides is 1. The Labute approximate surface area is 184 Å². The SMILES string of the molecule is Cc1cc2c(C(N)=O)cc(F)cc2n1-c1nc(NCc2ccccc2)c2c(n1)N(C)CC2. The fourth-order valence-corrected chi connectivity index (χ4v) is 4.29. The molecule has 0 radical (unpaired) electrons. The minimum absolute atomic E-state index is 0.141. The van der Waals surface area contributed by atoms with Gasteiger partial charge in [0.1, 0.15) is 17.5 Å². The number of nitrogens with one attached hydrogen (secondary N) is 1. The number of fused-ring (bicyclic) bond motifs is 2. The van der Waals surface area contributed by atoms with E-state index in [1.54, 1.807) is 4.57 Å². The average molecular weight is 430 g/mol. The summed E-state index contributed by atoms with van der Waals surface area (Å²) in [6.45, 7) is 3.35. The molecule has 1 aliphatic heterocycles. The van der Waals surface area contributed by atoms with Crippen LogP contribution in [0.4, 0.5) is 16.0 Å². The van der Waals surface area contributed by atoms with Crippen LogP contribution >= 0.6 is 0 Å². The second kappa shape index (κ2) is 7.64. The molecule has 0 unspecified atom stereocenters. The van der Waals surface area contributed by atoms with E-state index in [9.17, 15) is 9.18 Å². The highest BCUT2D eigenvalue weighted by Crippen LogP contribution is 2.33. The van der Waals surface area contributed by atoms with Crippen LogP contribution in [-0.4, -0.2) is 34.0 Å². The lowest BCUT2D eigenvalue weighted by atomic mass is 10.1. The zero-order valence-electron chi connectivity index (χ0n) is 17.9. The van der Waals surface area contributed by atoms with Crippen LogP contribution in [0.5, 0.6) is 0 Å². The summed E-state index contributed by atoms with van der Waals surface area (Å²) in [7, 11) is 2.00. The lowest BCUT2D eigenvalue weighted by Gasteiger charge is -2.16. The fourth-order valence-electron chi connectivity index (χ4n) is 4.29. The van der Waals surface area contributed by atoms with E-state index < -0.39 is 11.7 Å². The zero-order chi connectivity index (χ0) is 22.4. The van der Waals surface area contributed by atoms with Crippen molar-refractivity contribution in [2.45, 2.75) is 19.9 Å². The van der Waals surface area contributed by atoms with Gasteiger partial charge in [0, 0.05) is 36.8 Å². The summed E-state index contributed by atoms with van der Waals surface area (Å²) in [6.07, 6.45) is 0.842. The lowest BCUT2D eigenvalue weighted by Crippen LogP contribution is -2.16. The van der Waals surface area contributed by atoms with Crippen LogP contribution in [0.1, 0.15) is 27.2 Å². The number of hydrogen-bond donors (Lipinski definition) is 2. The summed E-state index contributed by atoms with van der Waals surface area (Å²) < 4.78 is 16.1. The van der Waals surface area contributed by atoms with Crippen molar-refractivity contribution < 1.29 is 9.18 Å². The Kier molecular flexibility index (Phi) is 4.77. The van der Waals surface area contributed by atoms with Gasteiger partial charge in [0.05, 0.1) is 11.1 Å². The topological polar surface area (TPSA) is 89.1 Å². The number of primary amides is 1. The summed E-state index contributed by atoms with van der Waals surface area (Å²) in [6, 6.07) is 14.5. The minimum atomic E-state index is -0.675. The first-order chi connectivity index (χ1) is 15.4. The standard InChI is InChI=1S/C24H23FN6O/c1-14-10-18-19(21(26)32)11-16(25)12-20(18)31(14)24-28-22(17-8-9-30(2)23(17)29-24)27-13-15-6-4-3-5-7-15/h3-7,10-12H,8-9,13H2,1-2H3,(H2,26,32)(H,27,28,29). The minimum Gasteiger partial charge on any atom is -0.366 e. The molecule has 162 valence electrons. The third-order valence-electron chi connectivity index (χ3n) is 5.87. The predicted octanol–water partition coefficient (Wildman–Crippen LogP) is 3.57. The Morgan fingerprint density at radius 3 is 2.72 bits per heavy atom. The summed E-state index contributed by atoms with van der Waals surface area (Å²) in [5.41, 5.74) is 9.12. The lowest BCUT2D eigenvalue weighted by molar-refractivity contribution is 0.100. The van der Waals surface area contributed by atoms with Crippen molar-refractivity contribution in [2.24, 2.45) is 5.73 Å². The Hall–Kier alpha value is -3.94. The number of nitrogens with zero attached hydrogens (tertiary/aromatic N) is 4.